The van der Waals surface area contributed by atoms with Gasteiger partial charge in [0.1, 0.15) is 5.15 Å². The Hall–Kier alpha value is -1.25. The van der Waals surface area contributed by atoms with Crippen LogP contribution < -0.4 is 0 Å². The van der Waals surface area contributed by atoms with Crippen molar-refractivity contribution in [2.24, 2.45) is 0 Å². The van der Waals surface area contributed by atoms with Crippen molar-refractivity contribution in [2.45, 2.75) is 37.3 Å². The maximum Gasteiger partial charge on any atom is 0.264 e. The molecule has 0 aromatic carbocycles. The van der Waals surface area contributed by atoms with E-state index in [2.05, 4.69) is 4.98 Å². The van der Waals surface area contributed by atoms with Gasteiger partial charge in [-0.3, -0.25) is 14.3 Å². The molecule has 9 heteroatoms. The standard InChI is InChI=1S/C12H15ClN2O5S/c1-21(18,19)20-9-3-4-11(15(16)17)10(6-9)8-2-5-12(13)14-7-8/h2,5,7,9-11H,3-4,6H2,1H3/t9-,10+,11+/m0/s1. The van der Waals surface area contributed by atoms with Crippen molar-refractivity contribution in [3.05, 3.63) is 39.2 Å². The molecule has 0 spiro atoms. The fraction of sp³-hybridized carbons (Fsp3) is 0.583. The molecule has 1 fully saturated rings. The van der Waals surface area contributed by atoms with Crippen molar-refractivity contribution >= 4 is 21.7 Å². The number of nitrogens with zero attached hydrogens (tertiary/aromatic N) is 2. The molecule has 1 aliphatic carbocycles. The summed E-state index contributed by atoms with van der Waals surface area (Å²) in [7, 11) is -3.58. The molecule has 2 rings (SSSR count). The minimum Gasteiger partial charge on any atom is -0.267 e. The highest BCUT2D eigenvalue weighted by atomic mass is 35.5. The third-order valence-corrected chi connectivity index (χ3v) is 4.37. The Balaban J connectivity index is 2.23. The van der Waals surface area contributed by atoms with Gasteiger partial charge in [0.2, 0.25) is 6.04 Å². The average molecular weight is 335 g/mol. The Morgan fingerprint density at radius 2 is 2.14 bits per heavy atom. The SMILES string of the molecule is CS(=O)(=O)O[C@H]1CC[C@@H]([N+](=O)[O-])[C@@H](c2ccc(Cl)nc2)C1. The molecular weight excluding hydrogens is 320 g/mol. The van der Waals surface area contributed by atoms with Crippen LogP contribution in [0.25, 0.3) is 0 Å². The van der Waals surface area contributed by atoms with Gasteiger partial charge in [-0.25, -0.2) is 4.98 Å². The van der Waals surface area contributed by atoms with Crippen molar-refractivity contribution in [1.29, 1.82) is 0 Å². The van der Waals surface area contributed by atoms with Gasteiger partial charge in [-0.1, -0.05) is 17.7 Å². The molecule has 1 aliphatic rings. The van der Waals surface area contributed by atoms with E-state index in [0.717, 1.165) is 6.26 Å². The summed E-state index contributed by atoms with van der Waals surface area (Å²) < 4.78 is 27.4. The number of hydrogen-bond acceptors (Lipinski definition) is 6. The van der Waals surface area contributed by atoms with Crippen molar-refractivity contribution < 1.29 is 17.5 Å². The van der Waals surface area contributed by atoms with E-state index >= 15 is 0 Å². The lowest BCUT2D eigenvalue weighted by atomic mass is 9.79. The van der Waals surface area contributed by atoms with E-state index in [-0.39, 0.29) is 17.8 Å². The van der Waals surface area contributed by atoms with E-state index in [0.29, 0.717) is 17.1 Å². The minimum atomic E-state index is -3.58. The van der Waals surface area contributed by atoms with Crippen LogP contribution in [0.2, 0.25) is 5.15 Å². The Labute approximate surface area is 127 Å². The lowest BCUT2D eigenvalue weighted by Crippen LogP contribution is -2.37. The maximum atomic E-state index is 11.2. The largest absolute Gasteiger partial charge is 0.267 e. The molecule has 1 aromatic rings. The number of nitro groups is 1. The van der Waals surface area contributed by atoms with Crippen molar-refractivity contribution in [3.63, 3.8) is 0 Å². The molecule has 0 radical (unpaired) electrons. The number of pyridine rings is 1. The highest BCUT2D eigenvalue weighted by Crippen LogP contribution is 2.36. The smallest absolute Gasteiger partial charge is 0.264 e. The van der Waals surface area contributed by atoms with E-state index in [1.807, 2.05) is 0 Å². The monoisotopic (exact) mass is 334 g/mol. The number of hydrogen-bond donors (Lipinski definition) is 0. The van der Waals surface area contributed by atoms with Crippen LogP contribution in [0.1, 0.15) is 30.7 Å². The summed E-state index contributed by atoms with van der Waals surface area (Å²) in [6.45, 7) is 0. The Kier molecular flexibility index (Phi) is 4.80. The highest BCUT2D eigenvalue weighted by Gasteiger charge is 2.40. The summed E-state index contributed by atoms with van der Waals surface area (Å²) in [5.74, 6) is -0.440. The summed E-state index contributed by atoms with van der Waals surface area (Å²) in [6.07, 6.45) is 2.80. The van der Waals surface area contributed by atoms with Crippen molar-refractivity contribution in [1.82, 2.24) is 4.98 Å². The van der Waals surface area contributed by atoms with Gasteiger partial charge >= 0.3 is 0 Å². The molecule has 1 heterocycles. The van der Waals surface area contributed by atoms with Crippen LogP contribution in [-0.2, 0) is 14.3 Å². The summed E-state index contributed by atoms with van der Waals surface area (Å²) in [5.41, 5.74) is 0.669. The predicted octanol–water partition coefficient (Wildman–Crippen LogP) is 1.99. The van der Waals surface area contributed by atoms with Crippen LogP contribution in [0, 0.1) is 10.1 Å². The van der Waals surface area contributed by atoms with Crippen LogP contribution in [0.5, 0.6) is 0 Å². The second kappa shape index (κ2) is 6.25. The highest BCUT2D eigenvalue weighted by molar-refractivity contribution is 7.86. The van der Waals surface area contributed by atoms with Crippen LogP contribution in [0.3, 0.4) is 0 Å². The third kappa shape index (κ3) is 4.36. The zero-order valence-corrected chi connectivity index (χ0v) is 12.9. The number of halogens is 1. The first-order chi connectivity index (χ1) is 9.76. The first-order valence-electron chi connectivity index (χ1n) is 6.39. The summed E-state index contributed by atoms with van der Waals surface area (Å²) >= 11 is 5.72. The van der Waals surface area contributed by atoms with Crippen LogP contribution in [0.4, 0.5) is 0 Å². The number of rotatable bonds is 4. The Morgan fingerprint density at radius 1 is 1.43 bits per heavy atom. The summed E-state index contributed by atoms with van der Waals surface area (Å²) in [4.78, 5) is 14.8. The molecule has 0 saturated heterocycles. The van der Waals surface area contributed by atoms with E-state index in [1.54, 1.807) is 12.1 Å². The Morgan fingerprint density at radius 3 is 2.67 bits per heavy atom. The zero-order valence-electron chi connectivity index (χ0n) is 11.3. The average Bonchev–Trinajstić information content (AvgIpc) is 2.37. The zero-order chi connectivity index (χ0) is 15.6. The first kappa shape index (κ1) is 16.1. The van der Waals surface area contributed by atoms with Crippen molar-refractivity contribution in [3.8, 4) is 0 Å². The van der Waals surface area contributed by atoms with Crippen LogP contribution in [-0.4, -0.2) is 36.7 Å². The van der Waals surface area contributed by atoms with Gasteiger partial charge in [-0.05, 0) is 24.5 Å². The van der Waals surface area contributed by atoms with Gasteiger partial charge in [0, 0.05) is 17.5 Å². The van der Waals surface area contributed by atoms with E-state index in [4.69, 9.17) is 15.8 Å². The van der Waals surface area contributed by atoms with Gasteiger partial charge < -0.3 is 0 Å². The maximum absolute atomic E-state index is 11.2. The molecule has 0 bridgehead atoms. The van der Waals surface area contributed by atoms with E-state index < -0.39 is 28.2 Å². The lowest BCUT2D eigenvalue weighted by Gasteiger charge is -2.30. The molecule has 1 saturated carbocycles. The summed E-state index contributed by atoms with van der Waals surface area (Å²) in [5, 5.41) is 11.5. The number of aromatic nitrogens is 1. The quantitative estimate of drug-likeness (QED) is 0.361. The normalized spacial score (nSPS) is 26.5. The summed E-state index contributed by atoms with van der Waals surface area (Å²) in [6, 6.07) is 2.47. The lowest BCUT2D eigenvalue weighted by molar-refractivity contribution is -0.530. The molecule has 21 heavy (non-hydrogen) atoms. The molecule has 0 amide bonds. The minimum absolute atomic E-state index is 0.264. The fourth-order valence-corrected chi connectivity index (χ4v) is 3.45. The van der Waals surface area contributed by atoms with Crippen LogP contribution in [0.15, 0.2) is 18.3 Å². The molecule has 1 aromatic heterocycles. The Bertz CT molecular complexity index is 619. The predicted molar refractivity (Wildman–Crippen MR) is 76.3 cm³/mol. The molecule has 116 valence electrons. The fourth-order valence-electron chi connectivity index (χ4n) is 2.67. The molecule has 0 N–H and O–H groups in total. The van der Waals surface area contributed by atoms with E-state index in [1.165, 1.54) is 6.20 Å². The molecule has 3 atom stereocenters. The topological polar surface area (TPSA) is 99.4 Å². The molecular formula is C12H15ClN2O5S. The van der Waals surface area contributed by atoms with Gasteiger partial charge in [0.25, 0.3) is 10.1 Å². The second-order valence-corrected chi connectivity index (χ2v) is 7.10. The van der Waals surface area contributed by atoms with Crippen LogP contribution >= 0.6 is 11.6 Å². The third-order valence-electron chi connectivity index (χ3n) is 3.53. The van der Waals surface area contributed by atoms with Gasteiger partial charge in [-0.15, -0.1) is 0 Å². The van der Waals surface area contributed by atoms with Gasteiger partial charge in [0.05, 0.1) is 18.3 Å². The molecule has 0 unspecified atom stereocenters. The van der Waals surface area contributed by atoms with E-state index in [9.17, 15) is 18.5 Å². The molecule has 7 nitrogen and oxygen atoms in total. The second-order valence-electron chi connectivity index (χ2n) is 5.11. The van der Waals surface area contributed by atoms with Gasteiger partial charge in [0.15, 0.2) is 0 Å². The molecule has 0 aliphatic heterocycles. The first-order valence-corrected chi connectivity index (χ1v) is 8.59. The van der Waals surface area contributed by atoms with Crippen molar-refractivity contribution in [2.75, 3.05) is 6.26 Å². The van der Waals surface area contributed by atoms with Gasteiger partial charge in [-0.2, -0.15) is 8.42 Å².